The number of rotatable bonds is 3. The molecule has 0 unspecified atom stereocenters. The fourth-order valence-electron chi connectivity index (χ4n) is 2.06. The Morgan fingerprint density at radius 3 is 2.71 bits per heavy atom. The molecular formula is C15H14N4O3S2. The van der Waals surface area contributed by atoms with Gasteiger partial charge in [-0.25, -0.2) is 0 Å². The van der Waals surface area contributed by atoms with Crippen molar-refractivity contribution in [1.82, 2.24) is 15.1 Å². The summed E-state index contributed by atoms with van der Waals surface area (Å²) in [7, 11) is 0. The van der Waals surface area contributed by atoms with Gasteiger partial charge in [0.25, 0.3) is 5.91 Å². The molecule has 1 aliphatic rings. The van der Waals surface area contributed by atoms with Crippen molar-refractivity contribution >= 4 is 45.4 Å². The minimum Gasteiger partial charge on any atom is -0.504 e. The molecule has 2 aromatic rings. The standard InChI is InChI=1S/C15H14N4O3S2/c1-3-19-13(22)12(7-9-4-5-10(20)11(21)6-9)24-15(19)16-14-18-17-8(2)23-14/h4-7,20-21H,3H2,1-2H3/b12-7-,16-15+. The molecule has 1 aromatic heterocycles. The molecule has 2 N–H and O–H groups in total. The molecule has 7 nitrogen and oxygen atoms in total. The number of phenols is 2. The summed E-state index contributed by atoms with van der Waals surface area (Å²) in [5, 5.41) is 28.7. The van der Waals surface area contributed by atoms with Crippen molar-refractivity contribution in [2.75, 3.05) is 6.54 Å². The number of carbonyl (C=O) groups excluding carboxylic acids is 1. The van der Waals surface area contributed by atoms with E-state index in [0.29, 0.717) is 27.3 Å². The second kappa shape index (κ2) is 6.62. The van der Waals surface area contributed by atoms with Crippen molar-refractivity contribution in [3.8, 4) is 11.5 Å². The van der Waals surface area contributed by atoms with Gasteiger partial charge in [-0.15, -0.1) is 10.2 Å². The quantitative estimate of drug-likeness (QED) is 0.643. The fourth-order valence-corrected chi connectivity index (χ4v) is 3.73. The summed E-state index contributed by atoms with van der Waals surface area (Å²) in [6, 6.07) is 4.40. The lowest BCUT2D eigenvalue weighted by Gasteiger charge is -2.11. The number of aromatic nitrogens is 2. The SMILES string of the molecule is CCN1C(=O)/C(=C/c2ccc(O)c(O)c2)S/C1=N/c1nnc(C)s1. The first kappa shape index (κ1) is 16.5. The lowest BCUT2D eigenvalue weighted by atomic mass is 10.2. The van der Waals surface area contributed by atoms with Gasteiger partial charge >= 0.3 is 0 Å². The van der Waals surface area contributed by atoms with Gasteiger partial charge in [0.1, 0.15) is 5.01 Å². The molecule has 1 fully saturated rings. The summed E-state index contributed by atoms with van der Waals surface area (Å²) in [6.45, 7) is 4.20. The van der Waals surface area contributed by atoms with E-state index >= 15 is 0 Å². The van der Waals surface area contributed by atoms with Crippen LogP contribution >= 0.6 is 23.1 Å². The van der Waals surface area contributed by atoms with Gasteiger partial charge < -0.3 is 10.2 Å². The van der Waals surface area contributed by atoms with Gasteiger partial charge in [0.15, 0.2) is 16.7 Å². The molecule has 3 rings (SSSR count). The minimum absolute atomic E-state index is 0.157. The van der Waals surface area contributed by atoms with Crippen LogP contribution in [0.3, 0.4) is 0 Å². The number of hydrogen-bond acceptors (Lipinski definition) is 8. The van der Waals surface area contributed by atoms with Crippen LogP contribution in [0.1, 0.15) is 17.5 Å². The molecule has 0 bridgehead atoms. The van der Waals surface area contributed by atoms with Crippen molar-refractivity contribution in [3.05, 3.63) is 33.7 Å². The molecule has 0 atom stereocenters. The predicted molar refractivity (Wildman–Crippen MR) is 94.5 cm³/mol. The summed E-state index contributed by atoms with van der Waals surface area (Å²) in [6.07, 6.45) is 1.66. The van der Waals surface area contributed by atoms with E-state index in [9.17, 15) is 15.0 Å². The van der Waals surface area contributed by atoms with Crippen LogP contribution in [-0.2, 0) is 4.79 Å². The van der Waals surface area contributed by atoms with Gasteiger partial charge in [0.2, 0.25) is 5.13 Å². The van der Waals surface area contributed by atoms with E-state index in [0.717, 1.165) is 5.01 Å². The van der Waals surface area contributed by atoms with Crippen LogP contribution < -0.4 is 0 Å². The average Bonchev–Trinajstić information content (AvgIpc) is 3.07. The molecule has 1 amide bonds. The van der Waals surface area contributed by atoms with Crippen LogP contribution in [0.15, 0.2) is 28.1 Å². The van der Waals surface area contributed by atoms with Gasteiger partial charge in [-0.1, -0.05) is 17.4 Å². The first-order valence-corrected chi connectivity index (χ1v) is 8.73. The molecule has 124 valence electrons. The second-order valence-electron chi connectivity index (χ2n) is 4.91. The van der Waals surface area contributed by atoms with Crippen molar-refractivity contribution in [3.63, 3.8) is 0 Å². The molecule has 0 spiro atoms. The molecule has 0 radical (unpaired) electrons. The average molecular weight is 362 g/mol. The van der Waals surface area contributed by atoms with Crippen molar-refractivity contribution < 1.29 is 15.0 Å². The summed E-state index contributed by atoms with van der Waals surface area (Å²) in [5.74, 6) is -0.591. The van der Waals surface area contributed by atoms with Crippen LogP contribution in [0.5, 0.6) is 11.5 Å². The Bertz CT molecular complexity index is 860. The molecule has 24 heavy (non-hydrogen) atoms. The summed E-state index contributed by atoms with van der Waals surface area (Å²) < 4.78 is 0. The lowest BCUT2D eigenvalue weighted by molar-refractivity contribution is -0.122. The molecule has 0 saturated carbocycles. The van der Waals surface area contributed by atoms with Crippen LogP contribution in [-0.4, -0.2) is 42.9 Å². The number of hydrogen-bond donors (Lipinski definition) is 2. The topological polar surface area (TPSA) is 98.9 Å². The maximum absolute atomic E-state index is 12.5. The number of phenolic OH excluding ortho intramolecular Hbond substituents is 2. The summed E-state index contributed by atoms with van der Waals surface area (Å²) in [5.41, 5.74) is 0.616. The van der Waals surface area contributed by atoms with Crippen LogP contribution in [0.2, 0.25) is 0 Å². The zero-order valence-electron chi connectivity index (χ0n) is 12.9. The Morgan fingerprint density at radius 2 is 2.08 bits per heavy atom. The van der Waals surface area contributed by atoms with E-state index < -0.39 is 0 Å². The van der Waals surface area contributed by atoms with Crippen LogP contribution in [0, 0.1) is 6.92 Å². The molecule has 1 aromatic carbocycles. The van der Waals surface area contributed by atoms with Gasteiger partial charge in [-0.2, -0.15) is 4.99 Å². The predicted octanol–water partition coefficient (Wildman–Crippen LogP) is 2.88. The third-order valence-corrected chi connectivity index (χ3v) is 4.95. The summed E-state index contributed by atoms with van der Waals surface area (Å²) in [4.78, 5) is 19.0. The number of amides is 1. The number of amidine groups is 1. The third-order valence-electron chi connectivity index (χ3n) is 3.21. The molecule has 0 aliphatic carbocycles. The Kier molecular flexibility index (Phi) is 4.54. The number of aromatic hydroxyl groups is 2. The second-order valence-corrected chi connectivity index (χ2v) is 7.08. The van der Waals surface area contributed by atoms with Gasteiger partial charge in [0, 0.05) is 6.54 Å². The number of likely N-dealkylation sites (N-methyl/N-ethyl adjacent to an activating group) is 1. The van der Waals surface area contributed by atoms with Gasteiger partial charge in [-0.3, -0.25) is 9.69 Å². The number of nitrogens with zero attached hydrogens (tertiary/aromatic N) is 4. The number of aryl methyl sites for hydroxylation is 1. The maximum atomic E-state index is 12.5. The summed E-state index contributed by atoms with van der Waals surface area (Å²) >= 11 is 2.60. The molecule has 9 heteroatoms. The van der Waals surface area contributed by atoms with Gasteiger partial charge in [-0.05, 0) is 49.4 Å². The van der Waals surface area contributed by atoms with E-state index in [1.54, 1.807) is 17.0 Å². The number of benzene rings is 1. The normalized spacial score (nSPS) is 18.1. The molecular weight excluding hydrogens is 348 g/mol. The Hall–Kier alpha value is -2.39. The van der Waals surface area contributed by atoms with E-state index in [1.165, 1.54) is 35.2 Å². The van der Waals surface area contributed by atoms with Crippen molar-refractivity contribution in [2.45, 2.75) is 13.8 Å². The Morgan fingerprint density at radius 1 is 1.29 bits per heavy atom. The highest BCUT2D eigenvalue weighted by atomic mass is 32.2. The van der Waals surface area contributed by atoms with Crippen molar-refractivity contribution in [2.24, 2.45) is 4.99 Å². The molecule has 1 aliphatic heterocycles. The van der Waals surface area contributed by atoms with Crippen LogP contribution in [0.25, 0.3) is 6.08 Å². The molecule has 2 heterocycles. The van der Waals surface area contributed by atoms with E-state index in [1.807, 2.05) is 13.8 Å². The van der Waals surface area contributed by atoms with E-state index in [2.05, 4.69) is 15.2 Å². The first-order valence-electron chi connectivity index (χ1n) is 7.10. The zero-order valence-corrected chi connectivity index (χ0v) is 14.6. The van der Waals surface area contributed by atoms with Gasteiger partial charge in [0.05, 0.1) is 4.91 Å². The monoisotopic (exact) mass is 362 g/mol. The first-order chi connectivity index (χ1) is 11.5. The number of aliphatic imine (C=N–C) groups is 1. The highest BCUT2D eigenvalue weighted by molar-refractivity contribution is 8.18. The van der Waals surface area contributed by atoms with Crippen molar-refractivity contribution in [1.29, 1.82) is 0 Å². The fraction of sp³-hybridized carbons (Fsp3) is 0.200. The van der Waals surface area contributed by atoms with E-state index in [4.69, 9.17) is 0 Å². The van der Waals surface area contributed by atoms with E-state index in [-0.39, 0.29) is 17.4 Å². The van der Waals surface area contributed by atoms with Crippen LogP contribution in [0.4, 0.5) is 5.13 Å². The highest BCUT2D eigenvalue weighted by Crippen LogP contribution is 2.35. The minimum atomic E-state index is -0.231. The zero-order chi connectivity index (χ0) is 17.3. The Labute approximate surface area is 146 Å². The lowest BCUT2D eigenvalue weighted by Crippen LogP contribution is -2.28. The molecule has 1 saturated heterocycles. The largest absolute Gasteiger partial charge is 0.504 e. The number of carbonyl (C=O) groups is 1. The Balaban J connectivity index is 1.93. The maximum Gasteiger partial charge on any atom is 0.266 e. The smallest absolute Gasteiger partial charge is 0.266 e. The number of thioether (sulfide) groups is 1. The third kappa shape index (κ3) is 3.26. The highest BCUT2D eigenvalue weighted by Gasteiger charge is 2.32.